The molecule has 0 spiro atoms. The second-order valence-electron chi connectivity index (χ2n) is 4.45. The first kappa shape index (κ1) is 14.3. The zero-order chi connectivity index (χ0) is 14.5. The van der Waals surface area contributed by atoms with Crippen molar-refractivity contribution >= 4 is 23.3 Å². The molecule has 1 aromatic carbocycles. The van der Waals surface area contributed by atoms with E-state index in [4.69, 9.17) is 16.7 Å². The van der Waals surface area contributed by atoms with Gasteiger partial charge in [-0.1, -0.05) is 17.7 Å². The van der Waals surface area contributed by atoms with Crippen LogP contribution in [-0.2, 0) is 4.79 Å². The van der Waals surface area contributed by atoms with Crippen LogP contribution in [0.1, 0.15) is 19.8 Å². The fraction of sp³-hybridized carbons (Fsp3) is 0.308. The topological polar surface area (TPSA) is 80.0 Å². The van der Waals surface area contributed by atoms with Crippen LogP contribution >= 0.6 is 11.6 Å². The fourth-order valence-electron chi connectivity index (χ4n) is 1.87. The van der Waals surface area contributed by atoms with Crippen LogP contribution in [0.5, 0.6) is 0 Å². The zero-order valence-electron chi connectivity index (χ0n) is 11.0. The molecule has 0 aliphatic rings. The second kappa shape index (κ2) is 6.38. The molecule has 0 aliphatic heterocycles. The predicted molar refractivity (Wildman–Crippen MR) is 76.3 cm³/mol. The summed E-state index contributed by atoms with van der Waals surface area (Å²) in [6, 6.07) is 5.48. The molecule has 0 bridgehead atoms. The molecule has 7 heteroatoms. The number of carboxylic acid groups (broad SMARTS) is 1. The van der Waals surface area contributed by atoms with Gasteiger partial charge in [-0.05, 0) is 25.5 Å². The number of benzene rings is 1. The highest BCUT2D eigenvalue weighted by atomic mass is 35.5. The molecule has 1 heterocycles. The average molecular weight is 295 g/mol. The summed E-state index contributed by atoms with van der Waals surface area (Å²) in [5, 5.41) is 16.6. The van der Waals surface area contributed by atoms with Crippen molar-refractivity contribution in [2.75, 3.05) is 5.32 Å². The number of rotatable bonds is 6. The number of aromatic nitrogens is 3. The smallest absolute Gasteiger partial charge is 0.303 e. The molecule has 1 atom stereocenters. The average Bonchev–Trinajstić information content (AvgIpc) is 2.90. The Labute approximate surface area is 121 Å². The highest BCUT2D eigenvalue weighted by Gasteiger charge is 2.12. The van der Waals surface area contributed by atoms with Gasteiger partial charge in [-0.2, -0.15) is 5.10 Å². The molecule has 0 amide bonds. The summed E-state index contributed by atoms with van der Waals surface area (Å²) >= 11 is 6.21. The van der Waals surface area contributed by atoms with Gasteiger partial charge in [0.1, 0.15) is 18.3 Å². The highest BCUT2D eigenvalue weighted by Crippen LogP contribution is 2.28. The predicted octanol–water partition coefficient (Wildman–Crippen LogP) is 2.59. The summed E-state index contributed by atoms with van der Waals surface area (Å²) in [4.78, 5) is 14.5. The monoisotopic (exact) mass is 294 g/mol. The van der Waals surface area contributed by atoms with E-state index in [0.29, 0.717) is 17.1 Å². The molecule has 2 N–H and O–H groups in total. The Morgan fingerprint density at radius 2 is 2.35 bits per heavy atom. The van der Waals surface area contributed by atoms with Crippen molar-refractivity contribution in [2.45, 2.75) is 25.8 Å². The second-order valence-corrected chi connectivity index (χ2v) is 4.86. The van der Waals surface area contributed by atoms with E-state index in [1.54, 1.807) is 17.1 Å². The lowest BCUT2D eigenvalue weighted by atomic mass is 10.1. The Bertz CT molecular complexity index is 586. The molecule has 0 radical (unpaired) electrons. The molecule has 2 aromatic rings. The normalized spacial score (nSPS) is 12.1. The van der Waals surface area contributed by atoms with Crippen molar-refractivity contribution < 1.29 is 9.90 Å². The van der Waals surface area contributed by atoms with E-state index in [-0.39, 0.29) is 12.5 Å². The lowest BCUT2D eigenvalue weighted by Crippen LogP contribution is -2.18. The number of para-hydroxylation sites is 1. The van der Waals surface area contributed by atoms with E-state index < -0.39 is 5.97 Å². The van der Waals surface area contributed by atoms with Gasteiger partial charge in [-0.25, -0.2) is 9.67 Å². The maximum atomic E-state index is 10.6. The van der Waals surface area contributed by atoms with Crippen LogP contribution in [-0.4, -0.2) is 31.9 Å². The molecule has 0 saturated heterocycles. The SMILES string of the molecule is CC(CCC(=O)O)Nc1cccc(Cl)c1-n1cncn1. The third-order valence-corrected chi connectivity index (χ3v) is 3.13. The van der Waals surface area contributed by atoms with E-state index in [9.17, 15) is 4.79 Å². The summed E-state index contributed by atoms with van der Waals surface area (Å²) in [6.07, 6.45) is 3.64. The van der Waals surface area contributed by atoms with Gasteiger partial charge in [0.05, 0.1) is 10.7 Å². The minimum Gasteiger partial charge on any atom is -0.481 e. The van der Waals surface area contributed by atoms with Gasteiger partial charge < -0.3 is 10.4 Å². The molecule has 20 heavy (non-hydrogen) atoms. The van der Waals surface area contributed by atoms with E-state index in [1.807, 2.05) is 19.1 Å². The summed E-state index contributed by atoms with van der Waals surface area (Å²) in [6.45, 7) is 1.93. The van der Waals surface area contributed by atoms with Crippen molar-refractivity contribution in [3.63, 3.8) is 0 Å². The molecule has 106 valence electrons. The van der Waals surface area contributed by atoms with Crippen molar-refractivity contribution in [1.29, 1.82) is 0 Å². The Balaban J connectivity index is 2.20. The van der Waals surface area contributed by atoms with Crippen molar-refractivity contribution in [3.8, 4) is 5.69 Å². The van der Waals surface area contributed by atoms with Gasteiger partial charge in [0, 0.05) is 12.5 Å². The van der Waals surface area contributed by atoms with Crippen LogP contribution in [0.25, 0.3) is 5.69 Å². The largest absolute Gasteiger partial charge is 0.481 e. The number of anilines is 1. The summed E-state index contributed by atoms with van der Waals surface area (Å²) in [5.74, 6) is -0.804. The molecule has 1 aromatic heterocycles. The third kappa shape index (κ3) is 3.48. The van der Waals surface area contributed by atoms with Crippen LogP contribution in [0.2, 0.25) is 5.02 Å². The Morgan fingerprint density at radius 3 is 3.00 bits per heavy atom. The van der Waals surface area contributed by atoms with Gasteiger partial charge in [-0.15, -0.1) is 0 Å². The van der Waals surface area contributed by atoms with Crippen molar-refractivity contribution in [1.82, 2.24) is 14.8 Å². The quantitative estimate of drug-likeness (QED) is 0.856. The molecule has 1 unspecified atom stereocenters. The molecule has 0 fully saturated rings. The summed E-state index contributed by atoms with van der Waals surface area (Å²) < 4.78 is 1.58. The van der Waals surface area contributed by atoms with Gasteiger partial charge in [0.15, 0.2) is 0 Å². The first-order valence-electron chi connectivity index (χ1n) is 6.19. The Hall–Kier alpha value is -2.08. The van der Waals surface area contributed by atoms with Crippen LogP contribution in [0.15, 0.2) is 30.9 Å². The van der Waals surface area contributed by atoms with E-state index in [0.717, 1.165) is 5.69 Å². The summed E-state index contributed by atoms with van der Waals surface area (Å²) in [5.41, 5.74) is 1.50. The third-order valence-electron chi connectivity index (χ3n) is 2.83. The minimum absolute atomic E-state index is 0.00633. The lowest BCUT2D eigenvalue weighted by Gasteiger charge is -2.18. The number of hydrogen-bond acceptors (Lipinski definition) is 4. The fourth-order valence-corrected chi connectivity index (χ4v) is 2.13. The lowest BCUT2D eigenvalue weighted by molar-refractivity contribution is -0.137. The van der Waals surface area contributed by atoms with Crippen molar-refractivity contribution in [2.24, 2.45) is 0 Å². The first-order chi connectivity index (χ1) is 9.58. The van der Waals surface area contributed by atoms with Gasteiger partial charge in [-0.3, -0.25) is 4.79 Å². The number of nitrogens with one attached hydrogen (secondary N) is 1. The van der Waals surface area contributed by atoms with E-state index >= 15 is 0 Å². The van der Waals surface area contributed by atoms with E-state index in [1.165, 1.54) is 6.33 Å². The standard InChI is InChI=1S/C13H15ClN4O2/c1-9(5-6-12(19)20)17-11-4-2-3-10(14)13(11)18-8-15-7-16-18/h2-4,7-9,17H,5-6H2,1H3,(H,19,20). The maximum Gasteiger partial charge on any atom is 0.303 e. The zero-order valence-corrected chi connectivity index (χ0v) is 11.7. The van der Waals surface area contributed by atoms with Gasteiger partial charge >= 0.3 is 5.97 Å². The van der Waals surface area contributed by atoms with Gasteiger partial charge in [0.2, 0.25) is 0 Å². The van der Waals surface area contributed by atoms with E-state index in [2.05, 4.69) is 15.4 Å². The summed E-state index contributed by atoms with van der Waals surface area (Å²) in [7, 11) is 0. The first-order valence-corrected chi connectivity index (χ1v) is 6.57. The number of halogens is 1. The molecular weight excluding hydrogens is 280 g/mol. The van der Waals surface area contributed by atoms with Crippen LogP contribution in [0, 0.1) is 0 Å². The maximum absolute atomic E-state index is 10.6. The highest BCUT2D eigenvalue weighted by molar-refractivity contribution is 6.33. The molecule has 6 nitrogen and oxygen atoms in total. The number of nitrogens with zero attached hydrogens (tertiary/aromatic N) is 3. The Kier molecular flexibility index (Phi) is 4.57. The van der Waals surface area contributed by atoms with Crippen LogP contribution in [0.4, 0.5) is 5.69 Å². The number of aliphatic carboxylic acids is 1. The number of carboxylic acids is 1. The van der Waals surface area contributed by atoms with Crippen LogP contribution in [0.3, 0.4) is 0 Å². The van der Waals surface area contributed by atoms with Crippen LogP contribution < -0.4 is 5.32 Å². The van der Waals surface area contributed by atoms with Gasteiger partial charge in [0.25, 0.3) is 0 Å². The number of carbonyl (C=O) groups is 1. The molecule has 2 rings (SSSR count). The molecule has 0 saturated carbocycles. The molecule has 0 aliphatic carbocycles. The van der Waals surface area contributed by atoms with Crippen molar-refractivity contribution in [3.05, 3.63) is 35.9 Å². The number of hydrogen-bond donors (Lipinski definition) is 2. The Morgan fingerprint density at radius 1 is 1.55 bits per heavy atom. The molecular formula is C13H15ClN4O2. The minimum atomic E-state index is -0.804.